The van der Waals surface area contributed by atoms with Gasteiger partial charge in [0.1, 0.15) is 6.54 Å². The lowest BCUT2D eigenvalue weighted by Crippen LogP contribution is -2.55. The number of quaternary nitrogens is 1. The minimum atomic E-state index is 0.0560. The first-order chi connectivity index (χ1) is 12.1. The molecule has 1 rings (SSSR count). The van der Waals surface area contributed by atoms with Crippen molar-refractivity contribution in [3.05, 3.63) is 12.2 Å². The Labute approximate surface area is 155 Å². The minimum Gasteiger partial charge on any atom is -0.351 e. The number of nitrogens with one attached hydrogen (secondary N) is 1. The molecule has 2 atom stereocenters. The van der Waals surface area contributed by atoms with Gasteiger partial charge in [-0.05, 0) is 19.8 Å². The van der Waals surface area contributed by atoms with E-state index in [0.29, 0.717) is 6.17 Å². The van der Waals surface area contributed by atoms with Crippen molar-refractivity contribution < 1.29 is 9.28 Å². The number of allylic oxidation sites excluding steroid dienone is 1. The highest BCUT2D eigenvalue weighted by Crippen LogP contribution is 2.22. The monoisotopic (exact) mass is 350 g/mol. The summed E-state index contributed by atoms with van der Waals surface area (Å²) < 4.78 is 0.974. The van der Waals surface area contributed by atoms with Crippen LogP contribution >= 0.6 is 0 Å². The van der Waals surface area contributed by atoms with E-state index in [-0.39, 0.29) is 5.91 Å². The standard InChI is InChI=1S/C21H39N3O/c1-4-6-7-8-9-10-11-12-13-14-15-21-23-17-19-24(21,5-2)18-16-22-20(3)25/h13-14,17,21H,4-12,15-16,18-19H2,1-3H3/p+1/b14-13+. The van der Waals surface area contributed by atoms with Gasteiger partial charge in [-0.2, -0.15) is 0 Å². The Balaban J connectivity index is 2.22. The second-order valence-electron chi connectivity index (χ2n) is 7.35. The van der Waals surface area contributed by atoms with Crippen molar-refractivity contribution in [3.63, 3.8) is 0 Å². The van der Waals surface area contributed by atoms with Crippen molar-refractivity contribution in [1.82, 2.24) is 5.32 Å². The van der Waals surface area contributed by atoms with E-state index in [1.165, 1.54) is 51.4 Å². The first kappa shape index (κ1) is 21.9. The van der Waals surface area contributed by atoms with Gasteiger partial charge in [0.15, 0.2) is 6.17 Å². The third-order valence-electron chi connectivity index (χ3n) is 5.40. The van der Waals surface area contributed by atoms with Crippen molar-refractivity contribution in [2.24, 2.45) is 4.99 Å². The zero-order valence-electron chi connectivity index (χ0n) is 16.8. The molecule has 0 saturated heterocycles. The van der Waals surface area contributed by atoms with E-state index in [1.807, 2.05) is 0 Å². The zero-order valence-corrected chi connectivity index (χ0v) is 16.8. The number of rotatable bonds is 14. The van der Waals surface area contributed by atoms with Crippen LogP contribution in [0.1, 0.15) is 78.6 Å². The van der Waals surface area contributed by atoms with Gasteiger partial charge in [-0.1, -0.05) is 57.6 Å². The van der Waals surface area contributed by atoms with E-state index in [0.717, 1.165) is 37.1 Å². The molecule has 0 aromatic carbocycles. The molecule has 4 nitrogen and oxygen atoms in total. The number of carbonyl (C=O) groups excluding carboxylic acids is 1. The quantitative estimate of drug-likeness (QED) is 0.280. The molecule has 1 aliphatic rings. The molecule has 25 heavy (non-hydrogen) atoms. The van der Waals surface area contributed by atoms with Gasteiger partial charge in [-0.25, -0.2) is 4.99 Å². The van der Waals surface area contributed by atoms with Gasteiger partial charge in [0, 0.05) is 13.3 Å². The SMILES string of the molecule is CCCCCCCCC/C=C/CC1N=CC[N+]1(CC)CCNC(C)=O. The smallest absolute Gasteiger partial charge is 0.217 e. The Hall–Kier alpha value is -1.16. The van der Waals surface area contributed by atoms with Gasteiger partial charge >= 0.3 is 0 Å². The van der Waals surface area contributed by atoms with Crippen molar-refractivity contribution in [1.29, 1.82) is 0 Å². The lowest BCUT2D eigenvalue weighted by molar-refractivity contribution is -0.934. The van der Waals surface area contributed by atoms with E-state index < -0.39 is 0 Å². The molecule has 0 bridgehead atoms. The van der Waals surface area contributed by atoms with Gasteiger partial charge in [0.25, 0.3) is 0 Å². The summed E-state index contributed by atoms with van der Waals surface area (Å²) in [7, 11) is 0. The van der Waals surface area contributed by atoms with Crippen LogP contribution in [0.25, 0.3) is 0 Å². The molecule has 1 aliphatic heterocycles. The van der Waals surface area contributed by atoms with Crippen molar-refractivity contribution >= 4 is 12.1 Å². The number of hydrogen-bond acceptors (Lipinski definition) is 2. The lowest BCUT2D eigenvalue weighted by atomic mass is 10.1. The molecule has 4 heteroatoms. The molecule has 1 heterocycles. The van der Waals surface area contributed by atoms with Gasteiger partial charge in [0.2, 0.25) is 5.91 Å². The molecule has 0 aromatic heterocycles. The third-order valence-corrected chi connectivity index (χ3v) is 5.40. The Bertz CT molecular complexity index is 419. The summed E-state index contributed by atoms with van der Waals surface area (Å²) >= 11 is 0. The fourth-order valence-corrected chi connectivity index (χ4v) is 3.63. The highest BCUT2D eigenvalue weighted by Gasteiger charge is 2.36. The van der Waals surface area contributed by atoms with Gasteiger partial charge in [-0.3, -0.25) is 9.28 Å². The number of hydrogen-bond donors (Lipinski definition) is 1. The predicted octanol–water partition coefficient (Wildman–Crippen LogP) is 4.46. The molecule has 144 valence electrons. The maximum absolute atomic E-state index is 11.1. The van der Waals surface area contributed by atoms with Crippen LogP contribution < -0.4 is 5.32 Å². The van der Waals surface area contributed by atoms with Crippen LogP contribution in [0.2, 0.25) is 0 Å². The van der Waals surface area contributed by atoms with Crippen LogP contribution in [0, 0.1) is 0 Å². The number of aliphatic imine (C=N–C) groups is 1. The largest absolute Gasteiger partial charge is 0.351 e. The summed E-state index contributed by atoms with van der Waals surface area (Å²) in [4.78, 5) is 15.8. The van der Waals surface area contributed by atoms with Crippen LogP contribution in [0.4, 0.5) is 0 Å². The van der Waals surface area contributed by atoms with Crippen molar-refractivity contribution in [2.45, 2.75) is 84.7 Å². The molecule has 1 amide bonds. The molecule has 0 aliphatic carbocycles. The second kappa shape index (κ2) is 13.1. The van der Waals surface area contributed by atoms with Crippen molar-refractivity contribution in [2.75, 3.05) is 26.2 Å². The Kier molecular flexibility index (Phi) is 11.5. The minimum absolute atomic E-state index is 0.0560. The zero-order chi connectivity index (χ0) is 18.4. The van der Waals surface area contributed by atoms with Crippen molar-refractivity contribution in [3.8, 4) is 0 Å². The molecule has 0 saturated carbocycles. The summed E-state index contributed by atoms with van der Waals surface area (Å²) in [5.41, 5.74) is 0. The predicted molar refractivity (Wildman–Crippen MR) is 108 cm³/mol. The summed E-state index contributed by atoms with van der Waals surface area (Å²) in [5, 5.41) is 2.93. The maximum Gasteiger partial charge on any atom is 0.217 e. The van der Waals surface area contributed by atoms with E-state index in [4.69, 9.17) is 4.99 Å². The van der Waals surface area contributed by atoms with Crippen LogP contribution in [-0.4, -0.2) is 48.9 Å². The summed E-state index contributed by atoms with van der Waals surface area (Å²) in [5.74, 6) is 0.0560. The van der Waals surface area contributed by atoms with Gasteiger partial charge < -0.3 is 5.32 Å². The Morgan fingerprint density at radius 1 is 1.16 bits per heavy atom. The van der Waals surface area contributed by atoms with E-state index in [9.17, 15) is 4.79 Å². The number of amides is 1. The molecule has 0 aromatic rings. The molecular weight excluding hydrogens is 310 g/mol. The first-order valence-electron chi connectivity index (χ1n) is 10.4. The van der Waals surface area contributed by atoms with Crippen LogP contribution in [0.15, 0.2) is 17.1 Å². The molecule has 0 spiro atoms. The van der Waals surface area contributed by atoms with Gasteiger partial charge in [0.05, 0.1) is 25.8 Å². The summed E-state index contributed by atoms with van der Waals surface area (Å²) in [6.07, 6.45) is 18.9. The Morgan fingerprint density at radius 2 is 1.88 bits per heavy atom. The molecular formula is C21H40N3O+. The average molecular weight is 351 g/mol. The topological polar surface area (TPSA) is 41.5 Å². The molecule has 1 N–H and O–H groups in total. The number of likely N-dealkylation sites (N-methyl/N-ethyl adjacent to an activating group) is 1. The Morgan fingerprint density at radius 3 is 2.56 bits per heavy atom. The van der Waals surface area contributed by atoms with E-state index in [2.05, 4.69) is 37.5 Å². The second-order valence-corrected chi connectivity index (χ2v) is 7.35. The van der Waals surface area contributed by atoms with Crippen LogP contribution in [0.5, 0.6) is 0 Å². The average Bonchev–Trinajstić information content (AvgIpc) is 2.99. The molecule has 0 fully saturated rings. The van der Waals surface area contributed by atoms with Crippen LogP contribution in [-0.2, 0) is 4.79 Å². The number of carbonyl (C=O) groups is 1. The fraction of sp³-hybridized carbons (Fsp3) is 0.810. The van der Waals surface area contributed by atoms with Crippen LogP contribution in [0.3, 0.4) is 0 Å². The van der Waals surface area contributed by atoms with E-state index >= 15 is 0 Å². The number of unbranched alkanes of at least 4 members (excludes halogenated alkanes) is 7. The normalized spacial score (nSPS) is 22.8. The lowest BCUT2D eigenvalue weighted by Gasteiger charge is -2.37. The molecule has 0 radical (unpaired) electrons. The summed E-state index contributed by atoms with van der Waals surface area (Å²) in [6.45, 7) is 9.85. The highest BCUT2D eigenvalue weighted by atomic mass is 16.1. The fourth-order valence-electron chi connectivity index (χ4n) is 3.63. The third kappa shape index (κ3) is 8.66. The maximum atomic E-state index is 11.1. The highest BCUT2D eigenvalue weighted by molar-refractivity contribution is 5.72. The summed E-state index contributed by atoms with van der Waals surface area (Å²) in [6, 6.07) is 0. The van der Waals surface area contributed by atoms with E-state index in [1.54, 1.807) is 6.92 Å². The first-order valence-corrected chi connectivity index (χ1v) is 10.4. The van der Waals surface area contributed by atoms with Gasteiger partial charge in [-0.15, -0.1) is 0 Å². The molecule has 2 unspecified atom stereocenters. The number of nitrogens with zero attached hydrogens (tertiary/aromatic N) is 2.